The van der Waals surface area contributed by atoms with Crippen molar-refractivity contribution in [3.8, 4) is 0 Å². The van der Waals surface area contributed by atoms with E-state index >= 15 is 0 Å². The molecule has 1 amide bonds. The number of aromatic nitrogens is 2. The Kier molecular flexibility index (Phi) is 8.14. The topological polar surface area (TPSA) is 110 Å². The minimum atomic E-state index is -2.47. The lowest BCUT2D eigenvalue weighted by molar-refractivity contribution is -0.383. The maximum Gasteiger partial charge on any atom is 0.292 e. The summed E-state index contributed by atoms with van der Waals surface area (Å²) < 4.78 is 25.4. The van der Waals surface area contributed by atoms with Gasteiger partial charge in [-0.2, -0.15) is 8.78 Å². The molecule has 0 fully saturated rings. The second kappa shape index (κ2) is 11.0. The second-order valence-electron chi connectivity index (χ2n) is 5.82. The third kappa shape index (κ3) is 7.15. The quantitative estimate of drug-likeness (QED) is 0.217. The summed E-state index contributed by atoms with van der Waals surface area (Å²) in [4.78, 5) is 23.0. The standard InChI is InChI=1S/C18H15F2N5O3S3/c19-16(20)30-12-7-5-11(6-8-12)21-17-23-24-18(31-17)29-10-9-15(26)22-13-3-1-2-4-14(13)25(27)28/h1-8,16H,9-10H2,(H,21,23)(H,22,26). The first-order valence-corrected chi connectivity index (χ1v) is 11.4. The molecule has 0 spiro atoms. The molecule has 0 aliphatic carbocycles. The maximum absolute atomic E-state index is 12.4. The number of alkyl halides is 2. The number of nitro groups is 1. The molecule has 0 saturated carbocycles. The van der Waals surface area contributed by atoms with Crippen LogP contribution in [0.2, 0.25) is 0 Å². The number of para-hydroxylation sites is 2. The fourth-order valence-corrected chi connectivity index (χ4v) is 4.62. The van der Waals surface area contributed by atoms with Gasteiger partial charge in [0.15, 0.2) is 4.34 Å². The van der Waals surface area contributed by atoms with Crippen LogP contribution in [0.15, 0.2) is 57.8 Å². The summed E-state index contributed by atoms with van der Waals surface area (Å²) in [5, 5.41) is 25.2. The van der Waals surface area contributed by atoms with Crippen LogP contribution < -0.4 is 10.6 Å². The smallest absolute Gasteiger partial charge is 0.292 e. The molecule has 0 saturated heterocycles. The maximum atomic E-state index is 12.4. The highest BCUT2D eigenvalue weighted by atomic mass is 32.2. The summed E-state index contributed by atoms with van der Waals surface area (Å²) in [7, 11) is 0. The fourth-order valence-electron chi connectivity index (χ4n) is 2.34. The van der Waals surface area contributed by atoms with Gasteiger partial charge in [-0.3, -0.25) is 14.9 Å². The summed E-state index contributed by atoms with van der Waals surface area (Å²) in [5.74, 6) is -2.39. The number of nitro benzene ring substituents is 1. The van der Waals surface area contributed by atoms with Gasteiger partial charge in [-0.15, -0.1) is 10.2 Å². The van der Waals surface area contributed by atoms with Crippen molar-refractivity contribution >= 4 is 63.0 Å². The van der Waals surface area contributed by atoms with Crippen LogP contribution in [0.4, 0.5) is 31.0 Å². The van der Waals surface area contributed by atoms with Crippen molar-refractivity contribution in [1.29, 1.82) is 0 Å². The minimum absolute atomic E-state index is 0.141. The Balaban J connectivity index is 1.46. The van der Waals surface area contributed by atoms with Gasteiger partial charge in [-0.1, -0.05) is 47.0 Å². The number of halogens is 2. The molecule has 3 rings (SSSR count). The van der Waals surface area contributed by atoms with Gasteiger partial charge in [0.05, 0.1) is 4.92 Å². The number of anilines is 3. The van der Waals surface area contributed by atoms with Gasteiger partial charge >= 0.3 is 0 Å². The molecule has 0 bridgehead atoms. The summed E-state index contributed by atoms with van der Waals surface area (Å²) in [5.41, 5.74) is 0.683. The minimum Gasteiger partial charge on any atom is -0.330 e. The van der Waals surface area contributed by atoms with E-state index in [1.54, 1.807) is 30.3 Å². The number of hydrogen-bond acceptors (Lipinski definition) is 9. The average molecular weight is 484 g/mol. The predicted molar refractivity (Wildman–Crippen MR) is 119 cm³/mol. The lowest BCUT2D eigenvalue weighted by Gasteiger charge is -2.05. The van der Waals surface area contributed by atoms with Crippen LogP contribution in [0.3, 0.4) is 0 Å². The largest absolute Gasteiger partial charge is 0.330 e. The molecule has 3 aromatic rings. The first-order valence-electron chi connectivity index (χ1n) is 8.72. The molecule has 31 heavy (non-hydrogen) atoms. The Bertz CT molecular complexity index is 1050. The van der Waals surface area contributed by atoms with Crippen LogP contribution in [-0.4, -0.2) is 32.5 Å². The van der Waals surface area contributed by atoms with Gasteiger partial charge in [0.1, 0.15) is 5.69 Å². The number of amides is 1. The Labute approximate surface area is 188 Å². The van der Waals surface area contributed by atoms with Gasteiger partial charge in [-0.05, 0) is 30.3 Å². The van der Waals surface area contributed by atoms with E-state index in [0.717, 1.165) is 0 Å². The van der Waals surface area contributed by atoms with Gasteiger partial charge in [0, 0.05) is 28.8 Å². The van der Waals surface area contributed by atoms with Crippen LogP contribution in [0.25, 0.3) is 0 Å². The van der Waals surface area contributed by atoms with E-state index in [4.69, 9.17) is 0 Å². The normalized spacial score (nSPS) is 10.8. The Morgan fingerprint density at radius 1 is 1.16 bits per heavy atom. The van der Waals surface area contributed by atoms with E-state index in [0.29, 0.717) is 37.6 Å². The highest BCUT2D eigenvalue weighted by molar-refractivity contribution is 8.01. The number of hydrogen-bond donors (Lipinski definition) is 2. The lowest BCUT2D eigenvalue weighted by atomic mass is 10.2. The molecule has 0 unspecified atom stereocenters. The van der Waals surface area contributed by atoms with Crippen LogP contribution in [0.5, 0.6) is 0 Å². The number of thioether (sulfide) groups is 2. The molecule has 0 aliphatic rings. The number of carbonyl (C=O) groups excluding carboxylic acids is 1. The lowest BCUT2D eigenvalue weighted by Crippen LogP contribution is -2.13. The van der Waals surface area contributed by atoms with Crippen molar-refractivity contribution < 1.29 is 18.5 Å². The van der Waals surface area contributed by atoms with Crippen molar-refractivity contribution in [2.45, 2.75) is 21.4 Å². The third-order valence-electron chi connectivity index (χ3n) is 3.67. The van der Waals surface area contributed by atoms with Crippen molar-refractivity contribution in [3.05, 3.63) is 58.6 Å². The zero-order valence-corrected chi connectivity index (χ0v) is 18.1. The highest BCUT2D eigenvalue weighted by Crippen LogP contribution is 2.30. The molecule has 8 nitrogen and oxygen atoms in total. The zero-order chi connectivity index (χ0) is 22.2. The zero-order valence-electron chi connectivity index (χ0n) is 15.7. The molecule has 162 valence electrons. The molecule has 0 radical (unpaired) electrons. The molecular formula is C18H15F2N5O3S3. The second-order valence-corrected chi connectivity index (χ2v) is 9.20. The number of rotatable bonds is 10. The van der Waals surface area contributed by atoms with E-state index in [9.17, 15) is 23.7 Å². The van der Waals surface area contributed by atoms with Crippen LogP contribution >= 0.6 is 34.9 Å². The van der Waals surface area contributed by atoms with Gasteiger partial charge < -0.3 is 10.6 Å². The molecule has 1 heterocycles. The summed E-state index contributed by atoms with van der Waals surface area (Å²) in [6.07, 6.45) is 0.141. The summed E-state index contributed by atoms with van der Waals surface area (Å²) in [6, 6.07) is 12.5. The molecular weight excluding hydrogens is 468 g/mol. The Hall–Kier alpha value is -2.77. The van der Waals surface area contributed by atoms with E-state index in [2.05, 4.69) is 20.8 Å². The molecule has 13 heteroatoms. The van der Waals surface area contributed by atoms with E-state index in [1.165, 1.54) is 41.3 Å². The average Bonchev–Trinajstić information content (AvgIpc) is 3.16. The van der Waals surface area contributed by atoms with Crippen molar-refractivity contribution in [2.75, 3.05) is 16.4 Å². The van der Waals surface area contributed by atoms with E-state index in [1.807, 2.05) is 0 Å². The van der Waals surface area contributed by atoms with Crippen LogP contribution in [-0.2, 0) is 4.79 Å². The number of carbonyl (C=O) groups is 1. The highest BCUT2D eigenvalue weighted by Gasteiger charge is 2.15. The number of nitrogens with zero attached hydrogens (tertiary/aromatic N) is 3. The van der Waals surface area contributed by atoms with Gasteiger partial charge in [0.2, 0.25) is 11.0 Å². The predicted octanol–water partition coefficient (Wildman–Crippen LogP) is 5.63. The van der Waals surface area contributed by atoms with Crippen molar-refractivity contribution in [3.63, 3.8) is 0 Å². The summed E-state index contributed by atoms with van der Waals surface area (Å²) in [6.45, 7) is 0. The fraction of sp³-hybridized carbons (Fsp3) is 0.167. The third-order valence-corrected chi connectivity index (χ3v) is 6.36. The number of nitrogens with one attached hydrogen (secondary N) is 2. The molecule has 1 aromatic heterocycles. The van der Waals surface area contributed by atoms with Gasteiger partial charge in [-0.25, -0.2) is 0 Å². The SMILES string of the molecule is O=C(CCSc1nnc(Nc2ccc(SC(F)F)cc2)s1)Nc1ccccc1[N+](=O)[O-]. The first-order chi connectivity index (χ1) is 14.9. The van der Waals surface area contributed by atoms with Gasteiger partial charge in [0.25, 0.3) is 11.4 Å². The number of benzene rings is 2. The Morgan fingerprint density at radius 3 is 2.61 bits per heavy atom. The first kappa shape index (κ1) is 22.9. The summed E-state index contributed by atoms with van der Waals surface area (Å²) >= 11 is 3.10. The molecule has 0 aliphatic heterocycles. The van der Waals surface area contributed by atoms with Crippen molar-refractivity contribution in [2.24, 2.45) is 0 Å². The van der Waals surface area contributed by atoms with E-state index in [-0.39, 0.29) is 23.7 Å². The molecule has 2 N–H and O–H groups in total. The van der Waals surface area contributed by atoms with E-state index < -0.39 is 10.7 Å². The van der Waals surface area contributed by atoms with Crippen LogP contribution in [0, 0.1) is 10.1 Å². The van der Waals surface area contributed by atoms with Crippen LogP contribution in [0.1, 0.15) is 6.42 Å². The Morgan fingerprint density at radius 2 is 1.90 bits per heavy atom. The molecule has 2 aromatic carbocycles. The monoisotopic (exact) mass is 483 g/mol. The van der Waals surface area contributed by atoms with Crippen molar-refractivity contribution in [1.82, 2.24) is 10.2 Å². The molecule has 0 atom stereocenters.